The van der Waals surface area contributed by atoms with Crippen molar-refractivity contribution in [2.24, 2.45) is 0 Å². The van der Waals surface area contributed by atoms with Crippen LogP contribution in [0.1, 0.15) is 38.8 Å². The van der Waals surface area contributed by atoms with E-state index >= 15 is 0 Å². The van der Waals surface area contributed by atoms with Gasteiger partial charge in [-0.05, 0) is 42.3 Å². The van der Waals surface area contributed by atoms with Crippen molar-refractivity contribution >= 4 is 88.3 Å². The minimum atomic E-state index is 0.856. The molecule has 3 heteroatoms. The van der Waals surface area contributed by atoms with Crippen molar-refractivity contribution in [1.29, 1.82) is 0 Å². The van der Waals surface area contributed by atoms with Gasteiger partial charge in [-0.15, -0.1) is 0 Å². The van der Waals surface area contributed by atoms with Gasteiger partial charge in [0, 0.05) is 0 Å². The van der Waals surface area contributed by atoms with Crippen LogP contribution in [0.2, 0.25) is 0 Å². The van der Waals surface area contributed by atoms with Gasteiger partial charge in [-0.2, -0.15) is 0 Å². The molecule has 0 fully saturated rings. The fourth-order valence-electron chi connectivity index (χ4n) is 6.18. The minimum Gasteiger partial charge on any atom is -0.0798 e. The summed E-state index contributed by atoms with van der Waals surface area (Å²) >= 11 is 0.856. The molecule has 198 valence electrons. The maximum absolute atomic E-state index is 4.66. The third-order valence-corrected chi connectivity index (χ3v) is 9.03. The number of aromatic nitrogens is 2. The van der Waals surface area contributed by atoms with Gasteiger partial charge in [-0.25, -0.2) is 0 Å². The van der Waals surface area contributed by atoms with E-state index in [0.29, 0.717) is 0 Å². The van der Waals surface area contributed by atoms with Crippen molar-refractivity contribution in [2.75, 3.05) is 0 Å². The summed E-state index contributed by atoms with van der Waals surface area (Å²) in [5.41, 5.74) is 8.48. The molecule has 4 aromatic carbocycles. The summed E-state index contributed by atoms with van der Waals surface area (Å²) in [7, 11) is 0. The molecule has 0 amide bonds. The summed E-state index contributed by atoms with van der Waals surface area (Å²) in [5.74, 6) is 0. The van der Waals surface area contributed by atoms with Crippen molar-refractivity contribution in [3.63, 3.8) is 0 Å². The second kappa shape index (κ2) is 11.2. The standard InChI is InChI=1S/C38H33N2.Tl/c1-7-12-25(4)39-23-22-31-24-35-37-34(38(31)39)21-18-30(13-8-2)36(37)27(6)40(35)32-19-16-29(17-20-32)26(5)33-15-11-10-14-28(33)9-3;/h1,7-24H,6H2,2-5H3;/b7-1?,13-8-,25-12+,28-9-,33-26+;. The Hall–Kier alpha value is -3.90. The molecule has 0 saturated carbocycles. The zero-order valence-electron chi connectivity index (χ0n) is 24.1. The molecule has 0 atom stereocenters. The normalized spacial score (nSPS) is 14.0. The number of rotatable bonds is 5. The first kappa shape index (κ1) is 27.3. The van der Waals surface area contributed by atoms with Crippen molar-refractivity contribution in [2.45, 2.75) is 27.7 Å². The van der Waals surface area contributed by atoms with Crippen LogP contribution >= 0.6 is 0 Å². The van der Waals surface area contributed by atoms with E-state index < -0.39 is 0 Å². The number of hydrogen-bond acceptors (Lipinski definition) is 0. The van der Waals surface area contributed by atoms with Gasteiger partial charge in [-0.3, -0.25) is 0 Å². The first-order chi connectivity index (χ1) is 20.0. The SMILES string of the molecule is C=c1c2c(/C=C\C)ccc3c2c(cc2ccn(/C(C)=C/C=[CH]\[Tl])c23)n1-c1ccc(/C(C)=c2\cccc\c2=C\C)cc1. The number of nitrogens with zero attached hydrogens (tertiary/aromatic N) is 2. The number of fused-ring (bicyclic) bond motifs is 2. The van der Waals surface area contributed by atoms with E-state index in [-0.39, 0.29) is 0 Å². The molecule has 0 unspecified atom stereocenters. The molecule has 41 heavy (non-hydrogen) atoms. The molecule has 6 aromatic rings. The molecule has 2 aromatic heterocycles. The topological polar surface area (TPSA) is 9.86 Å². The van der Waals surface area contributed by atoms with Gasteiger partial charge in [0.15, 0.2) is 0 Å². The predicted octanol–water partition coefficient (Wildman–Crippen LogP) is 7.46. The average Bonchev–Trinajstić information content (AvgIpc) is 3.56. The second-order valence-electron chi connectivity index (χ2n) is 10.5. The Morgan fingerprint density at radius 1 is 0.902 bits per heavy atom. The van der Waals surface area contributed by atoms with E-state index in [1.807, 2.05) is 0 Å². The van der Waals surface area contributed by atoms with Crippen LogP contribution in [0, 0.1) is 0 Å². The van der Waals surface area contributed by atoms with E-state index in [4.69, 9.17) is 0 Å². The van der Waals surface area contributed by atoms with Gasteiger partial charge in [0.1, 0.15) is 0 Å². The molecule has 0 spiro atoms. The van der Waals surface area contributed by atoms with Crippen molar-refractivity contribution in [3.05, 3.63) is 128 Å². The maximum atomic E-state index is 4.66. The Labute approximate surface area is 257 Å². The molecule has 0 N–H and O–H groups in total. The Balaban J connectivity index is 1.63. The van der Waals surface area contributed by atoms with Crippen LogP contribution in [0.3, 0.4) is 0 Å². The molecule has 0 aliphatic heterocycles. The van der Waals surface area contributed by atoms with Gasteiger partial charge < -0.3 is 0 Å². The van der Waals surface area contributed by atoms with E-state index in [9.17, 15) is 0 Å². The van der Waals surface area contributed by atoms with Crippen molar-refractivity contribution in [3.8, 4) is 5.69 Å². The molecule has 2 heterocycles. The van der Waals surface area contributed by atoms with E-state index in [2.05, 4.69) is 156 Å². The summed E-state index contributed by atoms with van der Waals surface area (Å²) in [6.07, 6.45) is 13.1. The van der Waals surface area contributed by atoms with Crippen LogP contribution in [0.25, 0.3) is 68.3 Å². The zero-order chi connectivity index (χ0) is 28.7. The van der Waals surface area contributed by atoms with Crippen LogP contribution in [-0.4, -0.2) is 34.9 Å². The van der Waals surface area contributed by atoms with Gasteiger partial charge in [0.05, 0.1) is 0 Å². The summed E-state index contributed by atoms with van der Waals surface area (Å²) in [5, 5.41) is 8.52. The Morgan fingerprint density at radius 3 is 2.41 bits per heavy atom. The summed E-state index contributed by atoms with van der Waals surface area (Å²) < 4.78 is 6.89. The van der Waals surface area contributed by atoms with E-state index in [1.54, 1.807) is 0 Å². The smallest absolute Gasteiger partial charge is 0.0798 e. The molecule has 0 bridgehead atoms. The van der Waals surface area contributed by atoms with E-state index in [1.165, 1.54) is 65.4 Å². The first-order valence-electron chi connectivity index (χ1n) is 14.1. The number of benzene rings is 4. The van der Waals surface area contributed by atoms with Crippen LogP contribution in [0.4, 0.5) is 0 Å². The number of allylic oxidation sites excluding steroid dienone is 4. The molecule has 0 aliphatic carbocycles. The van der Waals surface area contributed by atoms with E-state index in [0.717, 1.165) is 36.8 Å². The summed E-state index contributed by atoms with van der Waals surface area (Å²) in [6, 6.07) is 26.6. The van der Waals surface area contributed by atoms with Gasteiger partial charge >= 0.3 is 174 Å². The quantitative estimate of drug-likeness (QED) is 0.129. The Morgan fingerprint density at radius 2 is 1.68 bits per heavy atom. The predicted molar refractivity (Wildman–Crippen MR) is 181 cm³/mol. The van der Waals surface area contributed by atoms with Crippen molar-refractivity contribution in [1.82, 2.24) is 9.13 Å². The molecule has 6 rings (SSSR count). The third-order valence-electron chi connectivity index (χ3n) is 8.17. The molecule has 0 aliphatic rings. The minimum absolute atomic E-state index is 0.856. The summed E-state index contributed by atoms with van der Waals surface area (Å²) in [6.45, 7) is 13.2. The molecular weight excluding hydrogens is 689 g/mol. The third kappa shape index (κ3) is 4.55. The van der Waals surface area contributed by atoms with Crippen LogP contribution in [0.15, 0.2) is 101 Å². The average molecular weight is 722 g/mol. The number of hydrogen-bond donors (Lipinski definition) is 0. The summed E-state index contributed by atoms with van der Waals surface area (Å²) in [4.78, 5) is 0. The zero-order valence-corrected chi connectivity index (χ0v) is 28.6. The van der Waals surface area contributed by atoms with Gasteiger partial charge in [0.25, 0.3) is 0 Å². The fourth-order valence-corrected chi connectivity index (χ4v) is 6.62. The molecular formula is C38H33N2Tl. The van der Waals surface area contributed by atoms with Gasteiger partial charge in [0.2, 0.25) is 0 Å². The van der Waals surface area contributed by atoms with Crippen LogP contribution in [0.5, 0.6) is 0 Å². The van der Waals surface area contributed by atoms with Crippen molar-refractivity contribution < 1.29 is 0 Å². The van der Waals surface area contributed by atoms with Crippen LogP contribution in [-0.2, 0) is 0 Å². The second-order valence-corrected chi connectivity index (χ2v) is 12.0. The molecule has 0 saturated heterocycles. The molecule has 0 radical (unpaired) electrons. The monoisotopic (exact) mass is 722 g/mol. The van der Waals surface area contributed by atoms with Gasteiger partial charge in [-0.1, -0.05) is 42.5 Å². The fraction of sp³-hybridized carbons (Fsp3) is 0.105. The first-order valence-corrected chi connectivity index (χ1v) is 16.7. The molecule has 2 nitrogen and oxygen atoms in total. The van der Waals surface area contributed by atoms with Crippen LogP contribution < -0.4 is 15.8 Å². The Kier molecular flexibility index (Phi) is 7.43. The Bertz CT molecular complexity index is 2200.